The molecule has 1 aromatic rings. The Labute approximate surface area is 114 Å². The van der Waals surface area contributed by atoms with Crippen molar-refractivity contribution in [1.29, 1.82) is 0 Å². The van der Waals surface area contributed by atoms with Crippen LogP contribution in [0.25, 0.3) is 0 Å². The molecule has 0 aliphatic carbocycles. The molecule has 0 radical (unpaired) electrons. The predicted octanol–water partition coefficient (Wildman–Crippen LogP) is 2.05. The number of nitrogens with one attached hydrogen (secondary N) is 1. The average molecular weight is 263 g/mol. The number of hydrogen-bond donors (Lipinski definition) is 1. The number of carbonyl (C=O) groups is 1. The van der Waals surface area contributed by atoms with Crippen molar-refractivity contribution in [2.75, 3.05) is 7.11 Å². The molecular formula is C15H21NO3. The highest BCUT2D eigenvalue weighted by Gasteiger charge is 2.31. The van der Waals surface area contributed by atoms with Crippen molar-refractivity contribution in [3.8, 4) is 5.75 Å². The Kier molecular flexibility index (Phi) is 3.80. The molecule has 0 saturated heterocycles. The molecule has 1 aromatic carbocycles. The van der Waals surface area contributed by atoms with Crippen LogP contribution in [-0.4, -0.2) is 24.7 Å². The quantitative estimate of drug-likeness (QED) is 0.845. The van der Waals surface area contributed by atoms with Crippen LogP contribution in [0.5, 0.6) is 5.75 Å². The van der Waals surface area contributed by atoms with Gasteiger partial charge in [-0.25, -0.2) is 0 Å². The molecule has 0 bridgehead atoms. The summed E-state index contributed by atoms with van der Waals surface area (Å²) >= 11 is 0. The molecule has 1 atom stereocenters. The minimum absolute atomic E-state index is 0.146. The van der Waals surface area contributed by atoms with Crippen LogP contribution in [0.15, 0.2) is 18.2 Å². The van der Waals surface area contributed by atoms with Crippen molar-refractivity contribution in [2.24, 2.45) is 0 Å². The summed E-state index contributed by atoms with van der Waals surface area (Å²) in [6.07, 6.45) is 0.919. The van der Waals surface area contributed by atoms with E-state index in [1.807, 2.05) is 12.1 Å². The lowest BCUT2D eigenvalue weighted by atomic mass is 10.0. The SMILES string of the molecule is COC(=O)[C@H](C)NCc1cccc2c1OC(C)(C)C2. The third kappa shape index (κ3) is 3.07. The molecule has 2 rings (SSSR count). The lowest BCUT2D eigenvalue weighted by Crippen LogP contribution is -2.34. The van der Waals surface area contributed by atoms with Gasteiger partial charge in [0.25, 0.3) is 0 Å². The van der Waals surface area contributed by atoms with Gasteiger partial charge in [-0.05, 0) is 26.3 Å². The Hall–Kier alpha value is -1.55. The van der Waals surface area contributed by atoms with Gasteiger partial charge in [-0.15, -0.1) is 0 Å². The molecule has 1 heterocycles. The average Bonchev–Trinajstić information content (AvgIpc) is 2.69. The van der Waals surface area contributed by atoms with Gasteiger partial charge in [0.2, 0.25) is 0 Å². The van der Waals surface area contributed by atoms with Gasteiger partial charge in [0.05, 0.1) is 7.11 Å². The van der Waals surface area contributed by atoms with E-state index in [0.717, 1.165) is 17.7 Å². The molecule has 4 heteroatoms. The monoisotopic (exact) mass is 263 g/mol. The molecule has 1 aliphatic rings. The van der Waals surface area contributed by atoms with E-state index in [1.165, 1.54) is 12.7 Å². The van der Waals surface area contributed by atoms with Crippen LogP contribution in [0.3, 0.4) is 0 Å². The van der Waals surface area contributed by atoms with Crippen LogP contribution in [0, 0.1) is 0 Å². The highest BCUT2D eigenvalue weighted by molar-refractivity contribution is 5.75. The van der Waals surface area contributed by atoms with Gasteiger partial charge in [0.15, 0.2) is 0 Å². The number of hydrogen-bond acceptors (Lipinski definition) is 4. The standard InChI is InChI=1S/C15H21NO3/c1-10(14(17)18-4)16-9-12-7-5-6-11-8-15(2,3)19-13(11)12/h5-7,10,16H,8-9H2,1-4H3/t10-/m0/s1. The molecule has 0 amide bonds. The highest BCUT2D eigenvalue weighted by Crippen LogP contribution is 2.37. The van der Waals surface area contributed by atoms with Crippen molar-refractivity contribution < 1.29 is 14.3 Å². The number of fused-ring (bicyclic) bond motifs is 1. The first-order valence-corrected chi connectivity index (χ1v) is 6.54. The van der Waals surface area contributed by atoms with Gasteiger partial charge >= 0.3 is 5.97 Å². The molecule has 0 aromatic heterocycles. The minimum atomic E-state index is -0.324. The second-order valence-corrected chi connectivity index (χ2v) is 5.57. The van der Waals surface area contributed by atoms with Crippen LogP contribution in [-0.2, 0) is 22.5 Å². The normalized spacial score (nSPS) is 17.5. The van der Waals surface area contributed by atoms with Crippen molar-refractivity contribution >= 4 is 5.97 Å². The van der Waals surface area contributed by atoms with Gasteiger partial charge in [0.1, 0.15) is 17.4 Å². The van der Waals surface area contributed by atoms with Gasteiger partial charge in [-0.1, -0.05) is 18.2 Å². The van der Waals surface area contributed by atoms with Crippen LogP contribution in [0.4, 0.5) is 0 Å². The Bertz CT molecular complexity index is 482. The number of para-hydroxylation sites is 1. The smallest absolute Gasteiger partial charge is 0.322 e. The third-order valence-electron chi connectivity index (χ3n) is 3.33. The highest BCUT2D eigenvalue weighted by atomic mass is 16.5. The summed E-state index contributed by atoms with van der Waals surface area (Å²) in [7, 11) is 1.40. The summed E-state index contributed by atoms with van der Waals surface area (Å²) in [5, 5.41) is 3.15. The zero-order chi connectivity index (χ0) is 14.0. The van der Waals surface area contributed by atoms with Crippen molar-refractivity contribution in [2.45, 2.75) is 45.4 Å². The summed E-state index contributed by atoms with van der Waals surface area (Å²) in [6, 6.07) is 5.83. The molecule has 0 fully saturated rings. The zero-order valence-electron chi connectivity index (χ0n) is 11.9. The molecule has 1 aliphatic heterocycles. The Morgan fingerprint density at radius 1 is 1.53 bits per heavy atom. The second kappa shape index (κ2) is 5.21. The lowest BCUT2D eigenvalue weighted by molar-refractivity contribution is -0.142. The fourth-order valence-corrected chi connectivity index (χ4v) is 2.34. The van der Waals surface area contributed by atoms with Gasteiger partial charge in [-0.3, -0.25) is 4.79 Å². The number of esters is 1. The maximum absolute atomic E-state index is 11.4. The molecule has 0 saturated carbocycles. The molecule has 1 N–H and O–H groups in total. The van der Waals surface area contributed by atoms with Crippen LogP contribution in [0.2, 0.25) is 0 Å². The largest absolute Gasteiger partial charge is 0.487 e. The first-order chi connectivity index (χ1) is 8.93. The Morgan fingerprint density at radius 2 is 2.26 bits per heavy atom. The van der Waals surface area contributed by atoms with Gasteiger partial charge in [0, 0.05) is 18.5 Å². The van der Waals surface area contributed by atoms with Crippen LogP contribution in [0.1, 0.15) is 31.9 Å². The van der Waals surface area contributed by atoms with Crippen LogP contribution >= 0.6 is 0 Å². The zero-order valence-corrected chi connectivity index (χ0v) is 11.9. The fraction of sp³-hybridized carbons (Fsp3) is 0.533. The molecule has 0 unspecified atom stereocenters. The van der Waals surface area contributed by atoms with E-state index in [-0.39, 0.29) is 17.6 Å². The van der Waals surface area contributed by atoms with E-state index in [4.69, 9.17) is 9.47 Å². The molecule has 19 heavy (non-hydrogen) atoms. The maximum Gasteiger partial charge on any atom is 0.322 e. The van der Waals surface area contributed by atoms with E-state index < -0.39 is 0 Å². The molecule has 104 valence electrons. The van der Waals surface area contributed by atoms with Gasteiger partial charge < -0.3 is 14.8 Å². The Morgan fingerprint density at radius 3 is 2.95 bits per heavy atom. The first-order valence-electron chi connectivity index (χ1n) is 6.54. The summed E-state index contributed by atoms with van der Waals surface area (Å²) < 4.78 is 10.7. The predicted molar refractivity (Wildman–Crippen MR) is 73.2 cm³/mol. The van der Waals surface area contributed by atoms with E-state index in [9.17, 15) is 4.79 Å². The summed E-state index contributed by atoms with van der Waals surface area (Å²) in [5.74, 6) is 0.700. The Balaban J connectivity index is 2.08. The summed E-state index contributed by atoms with van der Waals surface area (Å²) in [5.41, 5.74) is 2.17. The fourth-order valence-electron chi connectivity index (χ4n) is 2.34. The topological polar surface area (TPSA) is 47.6 Å². The molecule has 0 spiro atoms. The van der Waals surface area contributed by atoms with Gasteiger partial charge in [-0.2, -0.15) is 0 Å². The number of carbonyl (C=O) groups excluding carboxylic acids is 1. The summed E-state index contributed by atoms with van der Waals surface area (Å²) in [4.78, 5) is 11.4. The maximum atomic E-state index is 11.4. The molecule has 4 nitrogen and oxygen atoms in total. The van der Waals surface area contributed by atoms with E-state index >= 15 is 0 Å². The third-order valence-corrected chi connectivity index (χ3v) is 3.33. The number of ether oxygens (including phenoxy) is 2. The van der Waals surface area contributed by atoms with E-state index in [2.05, 4.69) is 25.2 Å². The van der Waals surface area contributed by atoms with Crippen LogP contribution < -0.4 is 10.1 Å². The number of rotatable bonds is 4. The minimum Gasteiger partial charge on any atom is -0.487 e. The number of benzene rings is 1. The van der Waals surface area contributed by atoms with Crippen molar-refractivity contribution in [1.82, 2.24) is 5.32 Å². The number of methoxy groups -OCH3 is 1. The van der Waals surface area contributed by atoms with E-state index in [0.29, 0.717) is 6.54 Å². The van der Waals surface area contributed by atoms with E-state index in [1.54, 1.807) is 6.92 Å². The van der Waals surface area contributed by atoms with Crippen molar-refractivity contribution in [3.63, 3.8) is 0 Å². The summed E-state index contributed by atoms with van der Waals surface area (Å²) in [6.45, 7) is 6.55. The van der Waals surface area contributed by atoms with Crippen molar-refractivity contribution in [3.05, 3.63) is 29.3 Å². The molecular weight excluding hydrogens is 242 g/mol. The second-order valence-electron chi connectivity index (χ2n) is 5.57. The lowest BCUT2D eigenvalue weighted by Gasteiger charge is -2.19. The first kappa shape index (κ1) is 13.9.